The van der Waals surface area contributed by atoms with E-state index in [4.69, 9.17) is 5.26 Å². The fraction of sp³-hybridized carbons (Fsp3) is 0.526. The van der Waals surface area contributed by atoms with E-state index in [0.717, 1.165) is 11.1 Å². The number of nitrogens with zero attached hydrogens (tertiary/aromatic N) is 4. The molecule has 25 heavy (non-hydrogen) atoms. The van der Waals surface area contributed by atoms with E-state index in [1.54, 1.807) is 11.9 Å². The molecule has 0 aliphatic carbocycles. The smallest absolute Gasteiger partial charge is 0.236 e. The second-order valence-corrected chi connectivity index (χ2v) is 6.48. The van der Waals surface area contributed by atoms with Crippen LogP contribution in [0.4, 0.5) is 0 Å². The molecule has 1 fully saturated rings. The highest BCUT2D eigenvalue weighted by Crippen LogP contribution is 2.11. The van der Waals surface area contributed by atoms with Crippen LogP contribution in [0.15, 0.2) is 24.3 Å². The molecule has 1 saturated heterocycles. The molecule has 6 nitrogen and oxygen atoms in total. The van der Waals surface area contributed by atoms with Crippen molar-refractivity contribution in [1.29, 1.82) is 5.26 Å². The molecule has 2 amide bonds. The van der Waals surface area contributed by atoms with Gasteiger partial charge in [-0.15, -0.1) is 0 Å². The van der Waals surface area contributed by atoms with Gasteiger partial charge < -0.3 is 9.80 Å². The molecule has 1 aliphatic heterocycles. The summed E-state index contributed by atoms with van der Waals surface area (Å²) in [5, 5.41) is 8.59. The molecule has 0 radical (unpaired) electrons. The van der Waals surface area contributed by atoms with Gasteiger partial charge in [-0.2, -0.15) is 5.26 Å². The second kappa shape index (κ2) is 9.19. The Balaban J connectivity index is 1.77. The molecule has 0 saturated carbocycles. The van der Waals surface area contributed by atoms with Crippen LogP contribution in [0.25, 0.3) is 0 Å². The van der Waals surface area contributed by atoms with Crippen molar-refractivity contribution in [2.45, 2.75) is 19.8 Å². The molecule has 0 N–H and O–H groups in total. The monoisotopic (exact) mass is 342 g/mol. The molecule has 0 bridgehead atoms. The molecule has 1 heterocycles. The van der Waals surface area contributed by atoms with Crippen LogP contribution in [-0.4, -0.2) is 72.8 Å². The van der Waals surface area contributed by atoms with Crippen LogP contribution >= 0.6 is 0 Å². The zero-order chi connectivity index (χ0) is 18.2. The van der Waals surface area contributed by atoms with Gasteiger partial charge in [0.25, 0.3) is 0 Å². The number of nitriles is 1. The molecular formula is C19H26N4O2. The summed E-state index contributed by atoms with van der Waals surface area (Å²) in [4.78, 5) is 30.1. The van der Waals surface area contributed by atoms with Gasteiger partial charge in [-0.1, -0.05) is 24.3 Å². The van der Waals surface area contributed by atoms with E-state index in [0.29, 0.717) is 52.1 Å². The van der Waals surface area contributed by atoms with E-state index < -0.39 is 0 Å². The fourth-order valence-electron chi connectivity index (χ4n) is 2.89. The van der Waals surface area contributed by atoms with E-state index in [1.165, 1.54) is 0 Å². The van der Waals surface area contributed by atoms with E-state index >= 15 is 0 Å². The summed E-state index contributed by atoms with van der Waals surface area (Å²) < 4.78 is 0. The van der Waals surface area contributed by atoms with Crippen molar-refractivity contribution < 1.29 is 9.59 Å². The Labute approximate surface area is 149 Å². The normalized spacial score (nSPS) is 14.8. The molecule has 0 unspecified atom stereocenters. The lowest BCUT2D eigenvalue weighted by atomic mass is 10.1. The number of piperazine rings is 1. The van der Waals surface area contributed by atoms with Crippen molar-refractivity contribution >= 4 is 11.8 Å². The van der Waals surface area contributed by atoms with Gasteiger partial charge in [-0.25, -0.2) is 0 Å². The quantitative estimate of drug-likeness (QED) is 0.775. The van der Waals surface area contributed by atoms with Gasteiger partial charge in [-0.3, -0.25) is 14.5 Å². The van der Waals surface area contributed by atoms with Crippen molar-refractivity contribution in [3.63, 3.8) is 0 Å². The first-order valence-electron chi connectivity index (χ1n) is 8.67. The highest BCUT2D eigenvalue weighted by atomic mass is 16.2. The number of rotatable bonds is 6. The van der Waals surface area contributed by atoms with Crippen molar-refractivity contribution in [2.75, 3.05) is 46.3 Å². The maximum atomic E-state index is 12.5. The van der Waals surface area contributed by atoms with Crippen molar-refractivity contribution in [1.82, 2.24) is 14.7 Å². The molecular weight excluding hydrogens is 316 g/mol. The van der Waals surface area contributed by atoms with Crippen LogP contribution in [0.1, 0.15) is 17.5 Å². The lowest BCUT2D eigenvalue weighted by Crippen LogP contribution is -2.51. The standard InChI is InChI=1S/C19H26N4O2/c1-16-6-3-4-7-17(16)14-18(24)23-12-10-22(11-13-23)15-19(25)21(2)9-5-8-20/h3-4,6-7H,5,9-15H2,1-2H3. The van der Waals surface area contributed by atoms with Gasteiger partial charge >= 0.3 is 0 Å². The summed E-state index contributed by atoms with van der Waals surface area (Å²) in [6.45, 7) is 5.55. The third kappa shape index (κ3) is 5.57. The van der Waals surface area contributed by atoms with Crippen LogP contribution in [-0.2, 0) is 16.0 Å². The first-order valence-corrected chi connectivity index (χ1v) is 8.67. The number of carbonyl (C=O) groups excluding carboxylic acids is 2. The second-order valence-electron chi connectivity index (χ2n) is 6.48. The maximum absolute atomic E-state index is 12.5. The Kier molecular flexibility index (Phi) is 6.96. The Morgan fingerprint density at radius 1 is 1.20 bits per heavy atom. The molecule has 1 aliphatic rings. The third-order valence-corrected chi connectivity index (χ3v) is 4.67. The summed E-state index contributed by atoms with van der Waals surface area (Å²) in [7, 11) is 1.72. The summed E-state index contributed by atoms with van der Waals surface area (Å²) in [5.41, 5.74) is 2.21. The number of amides is 2. The van der Waals surface area contributed by atoms with Crippen LogP contribution in [0, 0.1) is 18.3 Å². The SMILES string of the molecule is Cc1ccccc1CC(=O)N1CCN(CC(=O)N(C)CCC#N)CC1. The molecule has 2 rings (SSSR count). The average molecular weight is 342 g/mol. The topological polar surface area (TPSA) is 67.7 Å². The number of likely N-dealkylation sites (N-methyl/N-ethyl adjacent to an activating group) is 1. The summed E-state index contributed by atoms with van der Waals surface area (Å²) in [6, 6.07) is 10.0. The predicted octanol–water partition coefficient (Wildman–Crippen LogP) is 1.05. The molecule has 6 heteroatoms. The Morgan fingerprint density at radius 2 is 1.88 bits per heavy atom. The molecule has 134 valence electrons. The predicted molar refractivity (Wildman–Crippen MR) is 95.8 cm³/mol. The Bertz CT molecular complexity index is 645. The molecule has 1 aromatic carbocycles. The van der Waals surface area contributed by atoms with Crippen LogP contribution in [0.3, 0.4) is 0 Å². The van der Waals surface area contributed by atoms with Crippen molar-refractivity contribution in [2.24, 2.45) is 0 Å². The molecule has 0 spiro atoms. The first kappa shape index (κ1) is 18.9. The van der Waals surface area contributed by atoms with Gasteiger partial charge in [0.2, 0.25) is 11.8 Å². The van der Waals surface area contributed by atoms with Gasteiger partial charge in [0.1, 0.15) is 0 Å². The van der Waals surface area contributed by atoms with Crippen LogP contribution in [0.5, 0.6) is 0 Å². The Morgan fingerprint density at radius 3 is 2.52 bits per heavy atom. The van der Waals surface area contributed by atoms with E-state index in [2.05, 4.69) is 4.90 Å². The van der Waals surface area contributed by atoms with Crippen molar-refractivity contribution in [3.05, 3.63) is 35.4 Å². The number of carbonyl (C=O) groups is 2. The highest BCUT2D eigenvalue weighted by Gasteiger charge is 2.23. The number of benzene rings is 1. The van der Waals surface area contributed by atoms with Crippen LogP contribution in [0.2, 0.25) is 0 Å². The Hall–Kier alpha value is -2.39. The molecule has 0 aromatic heterocycles. The molecule has 1 aromatic rings. The number of aryl methyl sites for hydroxylation is 1. The van der Waals surface area contributed by atoms with E-state index in [9.17, 15) is 9.59 Å². The largest absolute Gasteiger partial charge is 0.344 e. The number of hydrogen-bond donors (Lipinski definition) is 0. The third-order valence-electron chi connectivity index (χ3n) is 4.67. The number of hydrogen-bond acceptors (Lipinski definition) is 4. The van der Waals surface area contributed by atoms with E-state index in [-0.39, 0.29) is 11.8 Å². The zero-order valence-electron chi connectivity index (χ0n) is 15.1. The summed E-state index contributed by atoms with van der Waals surface area (Å²) in [6.07, 6.45) is 0.784. The van der Waals surface area contributed by atoms with Gasteiger partial charge in [-0.05, 0) is 18.1 Å². The first-order chi connectivity index (χ1) is 12.0. The minimum absolute atomic E-state index is 0.0231. The van der Waals surface area contributed by atoms with Gasteiger partial charge in [0.05, 0.1) is 25.5 Å². The summed E-state index contributed by atoms with van der Waals surface area (Å²) >= 11 is 0. The van der Waals surface area contributed by atoms with Gasteiger partial charge in [0, 0.05) is 39.8 Å². The van der Waals surface area contributed by atoms with Gasteiger partial charge in [0.15, 0.2) is 0 Å². The fourth-order valence-corrected chi connectivity index (χ4v) is 2.89. The van der Waals surface area contributed by atoms with Crippen LogP contribution < -0.4 is 0 Å². The van der Waals surface area contributed by atoms with Crippen molar-refractivity contribution in [3.8, 4) is 6.07 Å². The minimum atomic E-state index is 0.0231. The summed E-state index contributed by atoms with van der Waals surface area (Å²) in [5.74, 6) is 0.168. The lowest BCUT2D eigenvalue weighted by Gasteiger charge is -2.35. The maximum Gasteiger partial charge on any atom is 0.236 e. The molecule has 0 atom stereocenters. The minimum Gasteiger partial charge on any atom is -0.344 e. The lowest BCUT2D eigenvalue weighted by molar-refractivity contribution is -0.134. The average Bonchev–Trinajstić information content (AvgIpc) is 2.62. The van der Waals surface area contributed by atoms with E-state index in [1.807, 2.05) is 42.2 Å². The highest BCUT2D eigenvalue weighted by molar-refractivity contribution is 5.79. The zero-order valence-corrected chi connectivity index (χ0v) is 15.1.